The van der Waals surface area contributed by atoms with E-state index >= 15 is 0 Å². The van der Waals surface area contributed by atoms with E-state index in [1.807, 2.05) is 0 Å². The second-order valence-corrected chi connectivity index (χ2v) is 10.1. The number of alkyl halides is 3. The van der Waals surface area contributed by atoms with Crippen LogP contribution >= 0.6 is 0 Å². The van der Waals surface area contributed by atoms with Crippen molar-refractivity contribution in [2.45, 2.75) is 63.6 Å². The molecule has 2 amide bonds. The molecule has 1 saturated heterocycles. The van der Waals surface area contributed by atoms with Crippen LogP contribution in [-0.2, 0) is 11.2 Å². The number of nitrogens with zero attached hydrogens (tertiary/aromatic N) is 3. The van der Waals surface area contributed by atoms with Crippen LogP contribution < -0.4 is 11.1 Å². The molecule has 3 N–H and O–H groups in total. The number of halogens is 4. The lowest BCUT2D eigenvalue weighted by Crippen LogP contribution is -2.44. The summed E-state index contributed by atoms with van der Waals surface area (Å²) < 4.78 is 56.3. The van der Waals surface area contributed by atoms with Crippen molar-refractivity contribution in [2.24, 2.45) is 11.1 Å². The molecule has 1 aromatic heterocycles. The van der Waals surface area contributed by atoms with Crippen molar-refractivity contribution in [2.75, 3.05) is 19.6 Å². The number of hydrogen-bond donors (Lipinski definition) is 2. The SMILES string of the molecule is Cc1ncc(C(CC(=O)NCC(Cc2ccc(C(N)=O)c(F)c2)N2CCCC2)C2(C(F)(F)F)CC2)cn1. The van der Waals surface area contributed by atoms with Gasteiger partial charge in [-0.05, 0) is 75.4 Å². The van der Waals surface area contributed by atoms with E-state index < -0.39 is 35.1 Å². The zero-order valence-corrected chi connectivity index (χ0v) is 20.7. The zero-order chi connectivity index (χ0) is 26.8. The number of amides is 2. The van der Waals surface area contributed by atoms with Gasteiger partial charge in [0, 0.05) is 37.3 Å². The number of nitrogens with two attached hydrogens (primary N) is 1. The van der Waals surface area contributed by atoms with Crippen LogP contribution in [0.4, 0.5) is 17.6 Å². The molecule has 1 aliphatic carbocycles. The molecule has 2 atom stereocenters. The van der Waals surface area contributed by atoms with Crippen LogP contribution in [0, 0.1) is 18.2 Å². The molecular formula is C26H31F4N5O2. The lowest BCUT2D eigenvalue weighted by Gasteiger charge is -2.30. The van der Waals surface area contributed by atoms with E-state index in [0.29, 0.717) is 23.4 Å². The lowest BCUT2D eigenvalue weighted by molar-refractivity contribution is -0.194. The Balaban J connectivity index is 1.47. The van der Waals surface area contributed by atoms with Gasteiger partial charge in [0.25, 0.3) is 5.91 Å². The van der Waals surface area contributed by atoms with Gasteiger partial charge in [-0.15, -0.1) is 0 Å². The van der Waals surface area contributed by atoms with Crippen LogP contribution in [0.15, 0.2) is 30.6 Å². The molecule has 1 aromatic carbocycles. The summed E-state index contributed by atoms with van der Waals surface area (Å²) in [5.41, 5.74) is 3.98. The summed E-state index contributed by atoms with van der Waals surface area (Å²) in [6, 6.07) is 4.05. The third kappa shape index (κ3) is 6.08. The van der Waals surface area contributed by atoms with Gasteiger partial charge in [0.05, 0.1) is 11.0 Å². The Morgan fingerprint density at radius 3 is 2.35 bits per heavy atom. The number of likely N-dealkylation sites (tertiary alicyclic amines) is 1. The molecule has 4 rings (SSSR count). The van der Waals surface area contributed by atoms with Crippen molar-refractivity contribution >= 4 is 11.8 Å². The van der Waals surface area contributed by atoms with E-state index in [1.54, 1.807) is 13.0 Å². The highest BCUT2D eigenvalue weighted by molar-refractivity contribution is 5.93. The minimum atomic E-state index is -4.44. The Kier molecular flexibility index (Phi) is 7.82. The molecule has 7 nitrogen and oxygen atoms in total. The molecular weight excluding hydrogens is 490 g/mol. The monoisotopic (exact) mass is 521 g/mol. The number of hydrogen-bond acceptors (Lipinski definition) is 5. The predicted molar refractivity (Wildman–Crippen MR) is 128 cm³/mol. The fourth-order valence-corrected chi connectivity index (χ4v) is 5.26. The molecule has 37 heavy (non-hydrogen) atoms. The largest absolute Gasteiger partial charge is 0.395 e. The fraction of sp³-hybridized carbons (Fsp3) is 0.538. The maximum atomic E-state index is 14.3. The number of benzene rings is 1. The van der Waals surface area contributed by atoms with Gasteiger partial charge >= 0.3 is 6.18 Å². The highest BCUT2D eigenvalue weighted by atomic mass is 19.4. The van der Waals surface area contributed by atoms with Gasteiger partial charge in [0.15, 0.2) is 0 Å². The Morgan fingerprint density at radius 1 is 1.16 bits per heavy atom. The smallest absolute Gasteiger partial charge is 0.366 e. The summed E-state index contributed by atoms with van der Waals surface area (Å²) in [6.07, 6.45) is 0.288. The predicted octanol–water partition coefficient (Wildman–Crippen LogP) is 3.66. The summed E-state index contributed by atoms with van der Waals surface area (Å²) in [7, 11) is 0. The van der Waals surface area contributed by atoms with Crippen molar-refractivity contribution in [1.29, 1.82) is 0 Å². The molecule has 1 saturated carbocycles. The van der Waals surface area contributed by atoms with E-state index in [9.17, 15) is 27.2 Å². The summed E-state index contributed by atoms with van der Waals surface area (Å²) >= 11 is 0. The number of aromatic nitrogens is 2. The Labute approximate surface area is 212 Å². The Bertz CT molecular complexity index is 1130. The van der Waals surface area contributed by atoms with Crippen molar-refractivity contribution in [3.8, 4) is 0 Å². The van der Waals surface area contributed by atoms with Crippen LogP contribution in [0.1, 0.15) is 65.3 Å². The number of nitrogens with one attached hydrogen (secondary N) is 1. The van der Waals surface area contributed by atoms with E-state index in [4.69, 9.17) is 5.73 Å². The van der Waals surface area contributed by atoms with Gasteiger partial charge in [0.1, 0.15) is 11.6 Å². The molecule has 2 heterocycles. The topological polar surface area (TPSA) is 101 Å². The molecule has 0 bridgehead atoms. The van der Waals surface area contributed by atoms with E-state index in [-0.39, 0.29) is 37.4 Å². The summed E-state index contributed by atoms with van der Waals surface area (Å²) in [4.78, 5) is 34.6. The number of rotatable bonds is 10. The molecule has 11 heteroatoms. The first-order chi connectivity index (χ1) is 17.5. The van der Waals surface area contributed by atoms with Crippen LogP contribution in [0.5, 0.6) is 0 Å². The molecule has 200 valence electrons. The minimum Gasteiger partial charge on any atom is -0.366 e. The van der Waals surface area contributed by atoms with Gasteiger partial charge in [-0.2, -0.15) is 13.2 Å². The van der Waals surface area contributed by atoms with Gasteiger partial charge in [-0.1, -0.05) is 6.07 Å². The van der Waals surface area contributed by atoms with Gasteiger partial charge in [-0.25, -0.2) is 14.4 Å². The quantitative estimate of drug-likeness (QED) is 0.465. The first kappa shape index (κ1) is 27.0. The third-order valence-electron chi connectivity index (χ3n) is 7.58. The molecule has 0 spiro atoms. The fourth-order valence-electron chi connectivity index (χ4n) is 5.26. The van der Waals surface area contributed by atoms with Crippen molar-refractivity contribution in [1.82, 2.24) is 20.2 Å². The first-order valence-electron chi connectivity index (χ1n) is 12.4. The summed E-state index contributed by atoms with van der Waals surface area (Å²) in [6.45, 7) is 3.47. The molecule has 2 fully saturated rings. The molecule has 2 aromatic rings. The average molecular weight is 522 g/mol. The summed E-state index contributed by atoms with van der Waals surface area (Å²) in [5.74, 6) is -2.68. The van der Waals surface area contributed by atoms with Crippen LogP contribution in [-0.4, -0.2) is 58.5 Å². The molecule has 1 aliphatic heterocycles. The van der Waals surface area contributed by atoms with Crippen molar-refractivity contribution < 1.29 is 27.2 Å². The molecule has 0 radical (unpaired) electrons. The average Bonchev–Trinajstić information content (AvgIpc) is 3.48. The second-order valence-electron chi connectivity index (χ2n) is 10.1. The Hall–Kier alpha value is -3.08. The third-order valence-corrected chi connectivity index (χ3v) is 7.58. The number of aryl methyl sites for hydroxylation is 1. The van der Waals surface area contributed by atoms with Crippen molar-refractivity contribution in [3.63, 3.8) is 0 Å². The van der Waals surface area contributed by atoms with Gasteiger partial charge in [0.2, 0.25) is 5.91 Å². The molecule has 2 unspecified atom stereocenters. The summed E-state index contributed by atoms with van der Waals surface area (Å²) in [5, 5.41) is 2.83. The molecule has 2 aliphatic rings. The Morgan fingerprint density at radius 2 is 1.81 bits per heavy atom. The maximum Gasteiger partial charge on any atom is 0.395 e. The van der Waals surface area contributed by atoms with Gasteiger partial charge < -0.3 is 11.1 Å². The van der Waals surface area contributed by atoms with Crippen LogP contribution in [0.25, 0.3) is 0 Å². The maximum absolute atomic E-state index is 14.3. The van der Waals surface area contributed by atoms with E-state index in [2.05, 4.69) is 20.2 Å². The standard InChI is InChI=1S/C26H31F4N5O2/c1-16-32-13-18(14-33-16)21(25(6-7-25)26(28,29)30)12-23(36)34-15-19(35-8-2-3-9-35)10-17-4-5-20(24(31)37)22(27)11-17/h4-5,11,13-14,19,21H,2-3,6-10,12,15H2,1H3,(H2,31,37)(H,34,36). The zero-order valence-electron chi connectivity index (χ0n) is 20.7. The van der Waals surface area contributed by atoms with Gasteiger partial charge in [-0.3, -0.25) is 14.5 Å². The van der Waals surface area contributed by atoms with Crippen LogP contribution in [0.2, 0.25) is 0 Å². The number of carbonyl (C=O) groups excluding carboxylic acids is 2. The first-order valence-corrected chi connectivity index (χ1v) is 12.4. The van der Waals surface area contributed by atoms with E-state index in [1.165, 1.54) is 24.5 Å². The highest BCUT2D eigenvalue weighted by Crippen LogP contribution is 2.66. The minimum absolute atomic E-state index is 0.0361. The second kappa shape index (κ2) is 10.7. The number of primary amides is 1. The normalized spacial score (nSPS) is 18.8. The van der Waals surface area contributed by atoms with Crippen molar-refractivity contribution in [3.05, 3.63) is 58.9 Å². The lowest BCUT2D eigenvalue weighted by atomic mass is 9.81. The van der Waals surface area contributed by atoms with Crippen LogP contribution in [0.3, 0.4) is 0 Å². The van der Waals surface area contributed by atoms with E-state index in [0.717, 1.165) is 25.9 Å². The highest BCUT2D eigenvalue weighted by Gasteiger charge is 2.67. The number of carbonyl (C=O) groups is 2.